The highest BCUT2D eigenvalue weighted by Crippen LogP contribution is 2.11. The maximum atomic E-state index is 5.72. The standard InChI is InChI=1S/C13H15ClN4/c1-2-18(10-12-5-3-4-6-15-12)13-16-8-11(7-14)9-17-13/h3-6,8-9H,2,7,10H2,1H3. The number of alkyl halides is 1. The van der Waals surface area contributed by atoms with Crippen LogP contribution in [-0.4, -0.2) is 21.5 Å². The molecule has 0 aliphatic carbocycles. The zero-order valence-corrected chi connectivity index (χ0v) is 11.0. The van der Waals surface area contributed by atoms with Gasteiger partial charge in [-0.2, -0.15) is 0 Å². The van der Waals surface area contributed by atoms with Gasteiger partial charge in [0.15, 0.2) is 0 Å². The molecule has 2 rings (SSSR count). The van der Waals surface area contributed by atoms with Crippen molar-refractivity contribution in [1.82, 2.24) is 15.0 Å². The maximum absolute atomic E-state index is 5.72. The highest BCUT2D eigenvalue weighted by Gasteiger charge is 2.08. The van der Waals surface area contributed by atoms with Crippen LogP contribution in [0.5, 0.6) is 0 Å². The molecule has 0 aromatic carbocycles. The van der Waals surface area contributed by atoms with Crippen LogP contribution in [0, 0.1) is 0 Å². The predicted molar refractivity (Wildman–Crippen MR) is 72.6 cm³/mol. The molecule has 2 aromatic rings. The molecule has 5 heteroatoms. The van der Waals surface area contributed by atoms with Gasteiger partial charge >= 0.3 is 0 Å². The number of pyridine rings is 1. The van der Waals surface area contributed by atoms with Gasteiger partial charge in [-0.25, -0.2) is 9.97 Å². The van der Waals surface area contributed by atoms with Crippen LogP contribution < -0.4 is 4.90 Å². The first kappa shape index (κ1) is 12.8. The van der Waals surface area contributed by atoms with Crippen molar-refractivity contribution in [3.63, 3.8) is 0 Å². The lowest BCUT2D eigenvalue weighted by atomic mass is 10.3. The quantitative estimate of drug-likeness (QED) is 0.777. The lowest BCUT2D eigenvalue weighted by molar-refractivity contribution is 0.773. The molecule has 94 valence electrons. The molecule has 2 heterocycles. The van der Waals surface area contributed by atoms with Crippen LogP contribution in [0.3, 0.4) is 0 Å². The van der Waals surface area contributed by atoms with Gasteiger partial charge in [0.05, 0.1) is 18.1 Å². The van der Waals surface area contributed by atoms with E-state index in [0.29, 0.717) is 18.4 Å². The van der Waals surface area contributed by atoms with Crippen molar-refractivity contribution in [2.75, 3.05) is 11.4 Å². The molecule has 2 aromatic heterocycles. The van der Waals surface area contributed by atoms with Gasteiger partial charge in [0.1, 0.15) is 0 Å². The largest absolute Gasteiger partial charge is 0.335 e. The highest BCUT2D eigenvalue weighted by molar-refractivity contribution is 6.17. The Morgan fingerprint density at radius 2 is 1.94 bits per heavy atom. The molecule has 0 atom stereocenters. The van der Waals surface area contributed by atoms with Crippen LogP contribution in [0.15, 0.2) is 36.8 Å². The summed E-state index contributed by atoms with van der Waals surface area (Å²) in [4.78, 5) is 15.0. The lowest BCUT2D eigenvalue weighted by Crippen LogP contribution is -2.24. The summed E-state index contributed by atoms with van der Waals surface area (Å²) in [7, 11) is 0. The molecule has 4 nitrogen and oxygen atoms in total. The van der Waals surface area contributed by atoms with E-state index in [4.69, 9.17) is 11.6 Å². The summed E-state index contributed by atoms with van der Waals surface area (Å²) in [5.74, 6) is 1.14. The average molecular weight is 263 g/mol. The number of hydrogen-bond acceptors (Lipinski definition) is 4. The molecule has 0 spiro atoms. The fraction of sp³-hybridized carbons (Fsp3) is 0.308. The zero-order chi connectivity index (χ0) is 12.8. The first-order valence-corrected chi connectivity index (χ1v) is 6.38. The molecular formula is C13H15ClN4. The second kappa shape index (κ2) is 6.31. The summed E-state index contributed by atoms with van der Waals surface area (Å²) in [6.45, 7) is 3.61. The van der Waals surface area contributed by atoms with E-state index < -0.39 is 0 Å². The minimum absolute atomic E-state index is 0.437. The fourth-order valence-corrected chi connectivity index (χ4v) is 1.73. The Kier molecular flexibility index (Phi) is 4.47. The Labute approximate surface area is 112 Å². The van der Waals surface area contributed by atoms with E-state index in [1.165, 1.54) is 0 Å². The number of anilines is 1. The molecule has 0 unspecified atom stereocenters. The number of halogens is 1. The van der Waals surface area contributed by atoms with Crippen LogP contribution in [0.4, 0.5) is 5.95 Å². The van der Waals surface area contributed by atoms with Crippen LogP contribution >= 0.6 is 11.6 Å². The molecule has 0 bridgehead atoms. The third-order valence-corrected chi connectivity index (χ3v) is 2.90. The molecule has 0 N–H and O–H groups in total. The van der Waals surface area contributed by atoms with Crippen LogP contribution in [0.25, 0.3) is 0 Å². The van der Waals surface area contributed by atoms with Gasteiger partial charge in [-0.05, 0) is 19.1 Å². The SMILES string of the molecule is CCN(Cc1ccccn1)c1ncc(CCl)cn1. The van der Waals surface area contributed by atoms with Gasteiger partial charge in [0, 0.05) is 30.7 Å². The predicted octanol–water partition coefficient (Wildman–Crippen LogP) is 2.64. The molecule has 0 radical (unpaired) electrons. The summed E-state index contributed by atoms with van der Waals surface area (Å²) < 4.78 is 0. The summed E-state index contributed by atoms with van der Waals surface area (Å²) in [6, 6.07) is 5.88. The smallest absolute Gasteiger partial charge is 0.225 e. The zero-order valence-electron chi connectivity index (χ0n) is 10.3. The van der Waals surface area contributed by atoms with Crippen molar-refractivity contribution in [1.29, 1.82) is 0 Å². The second-order valence-corrected chi connectivity index (χ2v) is 4.13. The molecule has 0 aliphatic rings. The Bertz CT molecular complexity index is 472. The van der Waals surface area contributed by atoms with E-state index in [1.807, 2.05) is 18.2 Å². The van der Waals surface area contributed by atoms with Gasteiger partial charge in [0.25, 0.3) is 0 Å². The van der Waals surface area contributed by atoms with Crippen LogP contribution in [0.2, 0.25) is 0 Å². The van der Waals surface area contributed by atoms with Gasteiger partial charge in [-0.1, -0.05) is 6.07 Å². The first-order chi connectivity index (χ1) is 8.83. The Morgan fingerprint density at radius 3 is 2.50 bits per heavy atom. The number of hydrogen-bond donors (Lipinski definition) is 0. The molecule has 0 saturated heterocycles. The maximum Gasteiger partial charge on any atom is 0.225 e. The highest BCUT2D eigenvalue weighted by atomic mass is 35.5. The number of rotatable bonds is 5. The lowest BCUT2D eigenvalue weighted by Gasteiger charge is -2.20. The van der Waals surface area contributed by atoms with Gasteiger partial charge in [-0.3, -0.25) is 4.98 Å². The monoisotopic (exact) mass is 262 g/mol. The van der Waals surface area contributed by atoms with E-state index >= 15 is 0 Å². The van der Waals surface area contributed by atoms with Crippen molar-refractivity contribution in [2.45, 2.75) is 19.3 Å². The number of nitrogens with zero attached hydrogens (tertiary/aromatic N) is 4. The molecule has 18 heavy (non-hydrogen) atoms. The fourth-order valence-electron chi connectivity index (χ4n) is 1.59. The van der Waals surface area contributed by atoms with Crippen molar-refractivity contribution < 1.29 is 0 Å². The normalized spacial score (nSPS) is 10.3. The van der Waals surface area contributed by atoms with Crippen molar-refractivity contribution in [2.24, 2.45) is 0 Å². The Hall–Kier alpha value is -1.68. The third-order valence-electron chi connectivity index (χ3n) is 2.59. The molecule has 0 amide bonds. The number of aromatic nitrogens is 3. The van der Waals surface area contributed by atoms with E-state index in [9.17, 15) is 0 Å². The van der Waals surface area contributed by atoms with Crippen LogP contribution in [-0.2, 0) is 12.4 Å². The first-order valence-electron chi connectivity index (χ1n) is 5.85. The third kappa shape index (κ3) is 3.17. The van der Waals surface area contributed by atoms with E-state index in [1.54, 1.807) is 18.6 Å². The summed E-state index contributed by atoms with van der Waals surface area (Å²) >= 11 is 5.72. The Morgan fingerprint density at radius 1 is 1.17 bits per heavy atom. The second-order valence-electron chi connectivity index (χ2n) is 3.86. The van der Waals surface area contributed by atoms with Gasteiger partial charge in [-0.15, -0.1) is 11.6 Å². The van der Waals surface area contributed by atoms with Crippen molar-refractivity contribution in [3.8, 4) is 0 Å². The molecular weight excluding hydrogens is 248 g/mol. The average Bonchev–Trinajstić information content (AvgIpc) is 2.46. The summed E-state index contributed by atoms with van der Waals surface area (Å²) in [5.41, 5.74) is 1.93. The molecule has 0 saturated carbocycles. The van der Waals surface area contributed by atoms with Crippen molar-refractivity contribution in [3.05, 3.63) is 48.0 Å². The van der Waals surface area contributed by atoms with E-state index in [2.05, 4.69) is 26.8 Å². The minimum atomic E-state index is 0.437. The summed E-state index contributed by atoms with van der Waals surface area (Å²) in [6.07, 6.45) is 5.31. The van der Waals surface area contributed by atoms with Gasteiger partial charge < -0.3 is 4.90 Å². The van der Waals surface area contributed by atoms with Crippen LogP contribution in [0.1, 0.15) is 18.2 Å². The topological polar surface area (TPSA) is 41.9 Å². The van der Waals surface area contributed by atoms with E-state index in [0.717, 1.165) is 17.8 Å². The Balaban J connectivity index is 2.12. The minimum Gasteiger partial charge on any atom is -0.335 e. The van der Waals surface area contributed by atoms with E-state index in [-0.39, 0.29) is 0 Å². The van der Waals surface area contributed by atoms with Crippen molar-refractivity contribution >= 4 is 17.5 Å². The molecule has 0 fully saturated rings. The van der Waals surface area contributed by atoms with Gasteiger partial charge in [0.2, 0.25) is 5.95 Å². The summed E-state index contributed by atoms with van der Waals surface area (Å²) in [5, 5.41) is 0. The molecule has 0 aliphatic heterocycles.